The van der Waals surface area contributed by atoms with Crippen molar-refractivity contribution in [3.05, 3.63) is 78.0 Å². The highest BCUT2D eigenvalue weighted by molar-refractivity contribution is 7.99. The molecule has 1 saturated heterocycles. The molecule has 1 fully saturated rings. The normalized spacial score (nSPS) is 15.0. The predicted octanol–water partition coefficient (Wildman–Crippen LogP) is 4.24. The van der Waals surface area contributed by atoms with Gasteiger partial charge in [-0.1, -0.05) is 42.1 Å². The minimum Gasteiger partial charge on any atom is -0.489 e. The summed E-state index contributed by atoms with van der Waals surface area (Å²) in [7, 11) is 0. The maximum Gasteiger partial charge on any atom is 0.254 e. The number of rotatable bonds is 10. The fourth-order valence-corrected chi connectivity index (χ4v) is 5.30. The Morgan fingerprint density at radius 2 is 1.78 bits per heavy atom. The Morgan fingerprint density at radius 3 is 2.54 bits per heavy atom. The van der Waals surface area contributed by atoms with Crippen LogP contribution in [0.4, 0.5) is 5.69 Å². The average molecular weight is 521 g/mol. The first kappa shape index (κ1) is 27.0. The van der Waals surface area contributed by atoms with Gasteiger partial charge in [-0.3, -0.25) is 9.69 Å². The SMILES string of the molecule is Cc1ccccc1Sc1ncccc1C(=O)NCC(O)CN1CCN(c2ccccc2OC(C)C)CC1. The molecule has 2 heterocycles. The van der Waals surface area contributed by atoms with E-state index in [-0.39, 0.29) is 18.6 Å². The van der Waals surface area contributed by atoms with E-state index >= 15 is 0 Å². The number of hydrogen-bond donors (Lipinski definition) is 2. The summed E-state index contributed by atoms with van der Waals surface area (Å²) in [5.41, 5.74) is 2.76. The molecule has 0 bridgehead atoms. The van der Waals surface area contributed by atoms with E-state index in [9.17, 15) is 9.90 Å². The molecule has 196 valence electrons. The van der Waals surface area contributed by atoms with Gasteiger partial charge in [-0.2, -0.15) is 0 Å². The number of aliphatic hydroxyl groups is 1. The van der Waals surface area contributed by atoms with E-state index in [1.807, 2.05) is 63.2 Å². The number of benzene rings is 2. The first-order valence-electron chi connectivity index (χ1n) is 12.8. The Bertz CT molecular complexity index is 1180. The molecular weight excluding hydrogens is 484 g/mol. The lowest BCUT2D eigenvalue weighted by molar-refractivity contribution is 0.0848. The number of carbonyl (C=O) groups is 1. The number of carbonyl (C=O) groups excluding carboxylic acids is 1. The molecule has 1 aliphatic heterocycles. The number of piperazine rings is 1. The minimum atomic E-state index is -0.656. The molecule has 1 unspecified atom stereocenters. The second kappa shape index (κ2) is 12.9. The topological polar surface area (TPSA) is 77.9 Å². The summed E-state index contributed by atoms with van der Waals surface area (Å²) < 4.78 is 5.99. The van der Waals surface area contributed by atoms with Crippen LogP contribution in [0.25, 0.3) is 0 Å². The molecule has 2 N–H and O–H groups in total. The highest BCUT2D eigenvalue weighted by Gasteiger charge is 2.22. The average Bonchev–Trinajstić information content (AvgIpc) is 2.89. The van der Waals surface area contributed by atoms with Gasteiger partial charge in [-0.05, 0) is 56.7 Å². The number of nitrogens with one attached hydrogen (secondary N) is 1. The van der Waals surface area contributed by atoms with Gasteiger partial charge in [0.05, 0.1) is 23.5 Å². The predicted molar refractivity (Wildman–Crippen MR) is 149 cm³/mol. The molecule has 0 spiro atoms. The second-order valence-electron chi connectivity index (χ2n) is 9.51. The third kappa shape index (κ3) is 7.47. The van der Waals surface area contributed by atoms with Gasteiger partial charge in [0.2, 0.25) is 0 Å². The smallest absolute Gasteiger partial charge is 0.254 e. The largest absolute Gasteiger partial charge is 0.489 e. The van der Waals surface area contributed by atoms with E-state index in [4.69, 9.17) is 4.74 Å². The molecule has 8 heteroatoms. The van der Waals surface area contributed by atoms with Gasteiger partial charge in [0.1, 0.15) is 10.8 Å². The number of aliphatic hydroxyl groups excluding tert-OH is 1. The van der Waals surface area contributed by atoms with Crippen LogP contribution in [0.5, 0.6) is 5.75 Å². The zero-order chi connectivity index (χ0) is 26.2. The van der Waals surface area contributed by atoms with Gasteiger partial charge >= 0.3 is 0 Å². The number of hydrogen-bond acceptors (Lipinski definition) is 7. The van der Waals surface area contributed by atoms with Crippen LogP contribution in [-0.2, 0) is 0 Å². The van der Waals surface area contributed by atoms with Crippen molar-refractivity contribution >= 4 is 23.4 Å². The fraction of sp³-hybridized carbons (Fsp3) is 0.379. The molecule has 3 aromatic rings. The Morgan fingerprint density at radius 1 is 1.05 bits per heavy atom. The van der Waals surface area contributed by atoms with E-state index in [1.54, 1.807) is 18.3 Å². The van der Waals surface area contributed by atoms with Crippen LogP contribution in [0.3, 0.4) is 0 Å². The van der Waals surface area contributed by atoms with Crippen LogP contribution in [0, 0.1) is 6.92 Å². The number of aromatic nitrogens is 1. The molecule has 0 radical (unpaired) electrons. The molecule has 1 amide bonds. The third-order valence-electron chi connectivity index (χ3n) is 6.22. The first-order chi connectivity index (χ1) is 17.9. The van der Waals surface area contributed by atoms with Crippen molar-refractivity contribution in [3.8, 4) is 5.75 Å². The fourth-order valence-electron chi connectivity index (χ4n) is 4.33. The lowest BCUT2D eigenvalue weighted by Gasteiger charge is -2.37. The van der Waals surface area contributed by atoms with Crippen molar-refractivity contribution in [1.82, 2.24) is 15.2 Å². The lowest BCUT2D eigenvalue weighted by atomic mass is 10.2. The number of aryl methyl sites for hydroxylation is 1. The monoisotopic (exact) mass is 520 g/mol. The lowest BCUT2D eigenvalue weighted by Crippen LogP contribution is -2.50. The van der Waals surface area contributed by atoms with Crippen molar-refractivity contribution in [2.45, 2.75) is 42.9 Å². The summed E-state index contributed by atoms with van der Waals surface area (Å²) >= 11 is 1.48. The Hall–Kier alpha value is -3.07. The quantitative estimate of drug-likeness (QED) is 0.414. The second-order valence-corrected chi connectivity index (χ2v) is 10.5. The Labute approximate surface area is 223 Å². The Balaban J connectivity index is 1.27. The first-order valence-corrected chi connectivity index (χ1v) is 13.6. The van der Waals surface area contributed by atoms with Crippen LogP contribution in [0.15, 0.2) is 76.8 Å². The van der Waals surface area contributed by atoms with Crippen molar-refractivity contribution in [2.24, 2.45) is 0 Å². The number of para-hydroxylation sites is 2. The van der Waals surface area contributed by atoms with Crippen molar-refractivity contribution < 1.29 is 14.6 Å². The molecule has 1 aliphatic rings. The molecule has 1 atom stereocenters. The summed E-state index contributed by atoms with van der Waals surface area (Å²) in [6.07, 6.45) is 1.16. The molecule has 2 aromatic carbocycles. The highest BCUT2D eigenvalue weighted by atomic mass is 32.2. The molecule has 4 rings (SSSR count). The Kier molecular flexibility index (Phi) is 9.44. The van der Waals surface area contributed by atoms with Gasteiger partial charge < -0.3 is 20.1 Å². The van der Waals surface area contributed by atoms with E-state index in [0.29, 0.717) is 17.1 Å². The molecule has 0 aliphatic carbocycles. The minimum absolute atomic E-state index is 0.122. The van der Waals surface area contributed by atoms with E-state index in [2.05, 4.69) is 26.2 Å². The maximum atomic E-state index is 12.9. The van der Waals surface area contributed by atoms with Crippen LogP contribution >= 0.6 is 11.8 Å². The zero-order valence-corrected chi connectivity index (χ0v) is 22.6. The van der Waals surface area contributed by atoms with E-state index in [0.717, 1.165) is 48.1 Å². The van der Waals surface area contributed by atoms with Gasteiger partial charge in [0.15, 0.2) is 0 Å². The van der Waals surface area contributed by atoms with Crippen molar-refractivity contribution in [1.29, 1.82) is 0 Å². The van der Waals surface area contributed by atoms with Crippen molar-refractivity contribution in [2.75, 3.05) is 44.2 Å². The van der Waals surface area contributed by atoms with Gasteiger partial charge in [-0.15, -0.1) is 0 Å². The standard InChI is InChI=1S/C29H36N4O3S/c1-21(2)36-26-12-6-5-11-25(26)33-17-15-32(16-18-33)20-23(34)19-31-28(35)24-10-8-14-30-29(24)37-27-13-7-4-9-22(27)3/h4-14,21,23,34H,15-20H2,1-3H3,(H,31,35). The number of nitrogens with zero attached hydrogens (tertiary/aromatic N) is 3. The maximum absolute atomic E-state index is 12.9. The number of amides is 1. The number of pyridine rings is 1. The van der Waals surface area contributed by atoms with E-state index < -0.39 is 6.10 Å². The van der Waals surface area contributed by atoms with Gasteiger partial charge in [-0.25, -0.2) is 4.98 Å². The number of anilines is 1. The van der Waals surface area contributed by atoms with Gasteiger partial charge in [0, 0.05) is 50.4 Å². The zero-order valence-electron chi connectivity index (χ0n) is 21.8. The summed E-state index contributed by atoms with van der Waals surface area (Å²) in [5, 5.41) is 14.2. The van der Waals surface area contributed by atoms with Crippen molar-refractivity contribution in [3.63, 3.8) is 0 Å². The summed E-state index contributed by atoms with van der Waals surface area (Å²) in [4.78, 5) is 23.0. The summed E-state index contributed by atoms with van der Waals surface area (Å²) in [6, 6.07) is 19.7. The third-order valence-corrected chi connectivity index (χ3v) is 7.42. The van der Waals surface area contributed by atoms with Crippen LogP contribution in [0.1, 0.15) is 29.8 Å². The van der Waals surface area contributed by atoms with E-state index in [1.165, 1.54) is 11.8 Å². The number of ether oxygens (including phenoxy) is 1. The van der Waals surface area contributed by atoms with Gasteiger partial charge in [0.25, 0.3) is 5.91 Å². The summed E-state index contributed by atoms with van der Waals surface area (Å²) in [5.74, 6) is 0.680. The molecule has 0 saturated carbocycles. The van der Waals surface area contributed by atoms with Crippen LogP contribution in [-0.4, -0.2) is 72.4 Å². The molecular formula is C29H36N4O3S. The molecule has 1 aromatic heterocycles. The molecule has 37 heavy (non-hydrogen) atoms. The highest BCUT2D eigenvalue weighted by Crippen LogP contribution is 2.31. The summed E-state index contributed by atoms with van der Waals surface area (Å²) in [6.45, 7) is 10.2. The van der Waals surface area contributed by atoms with Crippen LogP contribution < -0.4 is 15.0 Å². The van der Waals surface area contributed by atoms with Crippen LogP contribution in [0.2, 0.25) is 0 Å². The molecule has 7 nitrogen and oxygen atoms in total. The number of β-amino-alcohol motifs (C(OH)–C–C–N with tert-alkyl or cyclic N) is 1.